The number of sulfonamides is 1. The summed E-state index contributed by atoms with van der Waals surface area (Å²) >= 11 is 2.15. The maximum Gasteiger partial charge on any atom is 0.232 e. The van der Waals surface area contributed by atoms with Crippen molar-refractivity contribution in [2.75, 3.05) is 22.4 Å². The van der Waals surface area contributed by atoms with E-state index in [-0.39, 0.29) is 31.0 Å². The largest absolute Gasteiger partial charge is 0.326 e. The second-order valence-electron chi connectivity index (χ2n) is 5.59. The van der Waals surface area contributed by atoms with E-state index in [9.17, 15) is 22.0 Å². The zero-order chi connectivity index (χ0) is 19.3. The molecule has 0 fully saturated rings. The standard InChI is InChI=1S/C17H17F2IN2O3S/c1-26(24,25)22(14-8-9-15(18)16(19)11-14)10-2-3-17(23)21-13-6-4-12(20)5-7-13/h4-9,11H,2-3,10H2,1H3,(H,21,23). The van der Waals surface area contributed by atoms with Gasteiger partial charge in [0, 0.05) is 28.3 Å². The third-order valence-electron chi connectivity index (χ3n) is 3.48. The number of hydrogen-bond donors (Lipinski definition) is 1. The first-order valence-corrected chi connectivity index (χ1v) is 10.6. The van der Waals surface area contributed by atoms with Crippen LogP contribution in [0.3, 0.4) is 0 Å². The van der Waals surface area contributed by atoms with E-state index in [4.69, 9.17) is 0 Å². The van der Waals surface area contributed by atoms with Crippen molar-refractivity contribution in [3.63, 3.8) is 0 Å². The second kappa shape index (κ2) is 8.76. The van der Waals surface area contributed by atoms with E-state index in [1.165, 1.54) is 6.07 Å². The van der Waals surface area contributed by atoms with E-state index in [2.05, 4.69) is 27.9 Å². The Morgan fingerprint density at radius 3 is 2.35 bits per heavy atom. The van der Waals surface area contributed by atoms with Crippen LogP contribution in [0.15, 0.2) is 42.5 Å². The van der Waals surface area contributed by atoms with Crippen LogP contribution in [0.2, 0.25) is 0 Å². The fourth-order valence-electron chi connectivity index (χ4n) is 2.27. The van der Waals surface area contributed by atoms with Gasteiger partial charge in [0.05, 0.1) is 11.9 Å². The summed E-state index contributed by atoms with van der Waals surface area (Å²) in [5.74, 6) is -2.45. The lowest BCUT2D eigenvalue weighted by Crippen LogP contribution is -2.31. The van der Waals surface area contributed by atoms with Crippen LogP contribution in [0.4, 0.5) is 20.2 Å². The lowest BCUT2D eigenvalue weighted by molar-refractivity contribution is -0.116. The molecule has 9 heteroatoms. The monoisotopic (exact) mass is 494 g/mol. The fraction of sp³-hybridized carbons (Fsp3) is 0.235. The van der Waals surface area contributed by atoms with Gasteiger partial charge in [-0.3, -0.25) is 9.10 Å². The van der Waals surface area contributed by atoms with Crippen molar-refractivity contribution in [2.45, 2.75) is 12.8 Å². The van der Waals surface area contributed by atoms with Crippen molar-refractivity contribution in [1.29, 1.82) is 0 Å². The van der Waals surface area contributed by atoms with Crippen LogP contribution in [0.1, 0.15) is 12.8 Å². The van der Waals surface area contributed by atoms with Crippen LogP contribution >= 0.6 is 22.6 Å². The van der Waals surface area contributed by atoms with Crippen molar-refractivity contribution >= 4 is 49.9 Å². The van der Waals surface area contributed by atoms with Crippen LogP contribution in [-0.4, -0.2) is 27.1 Å². The van der Waals surface area contributed by atoms with E-state index in [0.29, 0.717) is 5.69 Å². The number of carbonyl (C=O) groups is 1. The molecule has 0 atom stereocenters. The normalized spacial score (nSPS) is 11.2. The van der Waals surface area contributed by atoms with Gasteiger partial charge in [-0.1, -0.05) is 0 Å². The molecular weight excluding hydrogens is 477 g/mol. The molecule has 0 bridgehead atoms. The zero-order valence-corrected chi connectivity index (χ0v) is 16.9. The number of rotatable bonds is 7. The molecule has 5 nitrogen and oxygen atoms in total. The molecule has 140 valence electrons. The van der Waals surface area contributed by atoms with Gasteiger partial charge in [-0.2, -0.15) is 0 Å². The highest BCUT2D eigenvalue weighted by Gasteiger charge is 2.19. The highest BCUT2D eigenvalue weighted by atomic mass is 127. The van der Waals surface area contributed by atoms with Crippen molar-refractivity contribution in [1.82, 2.24) is 0 Å². The first-order valence-electron chi connectivity index (χ1n) is 7.65. The summed E-state index contributed by atoms with van der Waals surface area (Å²) in [6.07, 6.45) is 1.28. The molecule has 0 unspecified atom stereocenters. The van der Waals surface area contributed by atoms with Gasteiger partial charge in [-0.25, -0.2) is 17.2 Å². The molecule has 0 spiro atoms. The zero-order valence-electron chi connectivity index (χ0n) is 13.9. The maximum absolute atomic E-state index is 13.4. The summed E-state index contributed by atoms with van der Waals surface area (Å²) in [7, 11) is -3.70. The third kappa shape index (κ3) is 5.90. The Morgan fingerprint density at radius 2 is 1.77 bits per heavy atom. The van der Waals surface area contributed by atoms with E-state index in [0.717, 1.165) is 26.3 Å². The van der Waals surface area contributed by atoms with Crippen molar-refractivity contribution in [3.8, 4) is 0 Å². The summed E-state index contributed by atoms with van der Waals surface area (Å²) in [6, 6.07) is 10.1. The molecule has 0 saturated carbocycles. The number of carbonyl (C=O) groups excluding carboxylic acids is 1. The first-order chi connectivity index (χ1) is 12.2. The Morgan fingerprint density at radius 1 is 1.12 bits per heavy atom. The van der Waals surface area contributed by atoms with Crippen LogP contribution in [0.5, 0.6) is 0 Å². The molecule has 0 saturated heterocycles. The second-order valence-corrected chi connectivity index (χ2v) is 8.74. The van der Waals surface area contributed by atoms with Gasteiger partial charge in [0.25, 0.3) is 0 Å². The number of amides is 1. The van der Waals surface area contributed by atoms with Gasteiger partial charge < -0.3 is 5.32 Å². The van der Waals surface area contributed by atoms with Gasteiger partial charge in [-0.05, 0) is 65.4 Å². The molecule has 1 N–H and O–H groups in total. The molecule has 26 heavy (non-hydrogen) atoms. The van der Waals surface area contributed by atoms with Gasteiger partial charge in [0.15, 0.2) is 11.6 Å². The summed E-state index contributed by atoms with van der Waals surface area (Å²) in [6.45, 7) is -0.0238. The molecule has 2 rings (SSSR count). The molecular formula is C17H17F2IN2O3S. The number of halogens is 3. The number of nitrogens with one attached hydrogen (secondary N) is 1. The third-order valence-corrected chi connectivity index (χ3v) is 5.40. The summed E-state index contributed by atoms with van der Waals surface area (Å²) < 4.78 is 52.3. The van der Waals surface area contributed by atoms with Crippen LogP contribution in [-0.2, 0) is 14.8 Å². The number of hydrogen-bond acceptors (Lipinski definition) is 3. The summed E-state index contributed by atoms with van der Waals surface area (Å²) in [4.78, 5) is 12.0. The van der Waals surface area contributed by atoms with E-state index in [1.807, 2.05) is 12.1 Å². The topological polar surface area (TPSA) is 66.5 Å². The van der Waals surface area contributed by atoms with Crippen molar-refractivity contribution in [3.05, 3.63) is 57.7 Å². The van der Waals surface area contributed by atoms with E-state index in [1.54, 1.807) is 12.1 Å². The lowest BCUT2D eigenvalue weighted by Gasteiger charge is -2.22. The number of benzene rings is 2. The molecule has 2 aromatic rings. The average Bonchev–Trinajstić information content (AvgIpc) is 2.55. The Hall–Kier alpha value is -1.75. The maximum atomic E-state index is 13.4. The van der Waals surface area contributed by atoms with Crippen LogP contribution < -0.4 is 9.62 Å². The minimum Gasteiger partial charge on any atom is -0.326 e. The number of anilines is 2. The fourth-order valence-corrected chi connectivity index (χ4v) is 3.58. The Balaban J connectivity index is 1.98. The molecule has 2 aromatic carbocycles. The first kappa shape index (κ1) is 20.6. The average molecular weight is 494 g/mol. The van der Waals surface area contributed by atoms with Gasteiger partial charge >= 0.3 is 0 Å². The van der Waals surface area contributed by atoms with Crippen molar-refractivity contribution in [2.24, 2.45) is 0 Å². The highest BCUT2D eigenvalue weighted by molar-refractivity contribution is 14.1. The van der Waals surface area contributed by atoms with Crippen LogP contribution in [0, 0.1) is 15.2 Å². The predicted molar refractivity (Wildman–Crippen MR) is 106 cm³/mol. The lowest BCUT2D eigenvalue weighted by atomic mass is 10.2. The Kier molecular flexibility index (Phi) is 6.93. The Labute approximate surface area is 164 Å². The number of nitrogens with zero attached hydrogens (tertiary/aromatic N) is 1. The predicted octanol–water partition coefficient (Wildman–Crippen LogP) is 3.75. The molecule has 0 radical (unpaired) electrons. The van der Waals surface area contributed by atoms with Gasteiger partial charge in [0.2, 0.25) is 15.9 Å². The summed E-state index contributed by atoms with van der Waals surface area (Å²) in [5.41, 5.74) is 0.667. The quantitative estimate of drug-likeness (QED) is 0.597. The molecule has 0 aromatic heterocycles. The minimum absolute atomic E-state index is 0.0180. The molecule has 0 heterocycles. The van der Waals surface area contributed by atoms with Gasteiger partial charge in [-0.15, -0.1) is 0 Å². The van der Waals surface area contributed by atoms with Crippen LogP contribution in [0.25, 0.3) is 0 Å². The summed E-state index contributed by atoms with van der Waals surface area (Å²) in [5, 5.41) is 2.72. The van der Waals surface area contributed by atoms with E-state index < -0.39 is 21.7 Å². The smallest absolute Gasteiger partial charge is 0.232 e. The van der Waals surface area contributed by atoms with Gasteiger partial charge in [0.1, 0.15) is 0 Å². The molecule has 0 aliphatic heterocycles. The van der Waals surface area contributed by atoms with Crippen molar-refractivity contribution < 1.29 is 22.0 Å². The highest BCUT2D eigenvalue weighted by Crippen LogP contribution is 2.21. The Bertz CT molecular complexity index is 889. The molecule has 1 amide bonds. The SMILES string of the molecule is CS(=O)(=O)N(CCCC(=O)Nc1ccc(I)cc1)c1ccc(F)c(F)c1. The van der Waals surface area contributed by atoms with E-state index >= 15 is 0 Å². The molecule has 0 aliphatic rings. The minimum atomic E-state index is -3.70. The molecule has 0 aliphatic carbocycles.